The van der Waals surface area contributed by atoms with E-state index in [1.165, 1.54) is 5.56 Å². The van der Waals surface area contributed by atoms with E-state index in [1.807, 2.05) is 18.2 Å². The smallest absolute Gasteiger partial charge is 0.217 e. The molecule has 5 heteroatoms. The van der Waals surface area contributed by atoms with Crippen molar-refractivity contribution in [3.63, 3.8) is 0 Å². The van der Waals surface area contributed by atoms with Crippen molar-refractivity contribution in [2.45, 2.75) is 31.8 Å². The van der Waals surface area contributed by atoms with Gasteiger partial charge in [0.05, 0.1) is 29.0 Å². The molecule has 0 spiro atoms. The number of rotatable bonds is 1. The van der Waals surface area contributed by atoms with Crippen LogP contribution in [0.3, 0.4) is 0 Å². The van der Waals surface area contributed by atoms with Gasteiger partial charge < -0.3 is 15.1 Å². The first-order valence-electron chi connectivity index (χ1n) is 8.99. The van der Waals surface area contributed by atoms with E-state index in [2.05, 4.69) is 52.5 Å². The Morgan fingerprint density at radius 1 is 1.19 bits per heavy atom. The zero-order valence-electron chi connectivity index (χ0n) is 15.1. The SMILES string of the molecule is CC(=O)NC1CCN2c3ccc(C#N)cc3N(C)c3ccccc3C2C1. The minimum atomic E-state index is 0.0292. The second kappa shape index (κ2) is 6.38. The van der Waals surface area contributed by atoms with E-state index < -0.39 is 0 Å². The topological polar surface area (TPSA) is 59.4 Å². The minimum absolute atomic E-state index is 0.0292. The van der Waals surface area contributed by atoms with Crippen LogP contribution in [0.2, 0.25) is 0 Å². The number of anilines is 3. The zero-order chi connectivity index (χ0) is 18.3. The van der Waals surface area contributed by atoms with Crippen LogP contribution in [-0.4, -0.2) is 25.5 Å². The first-order valence-corrected chi connectivity index (χ1v) is 8.99. The molecule has 2 aliphatic heterocycles. The summed E-state index contributed by atoms with van der Waals surface area (Å²) in [4.78, 5) is 16.1. The van der Waals surface area contributed by atoms with Crippen LogP contribution < -0.4 is 15.1 Å². The van der Waals surface area contributed by atoms with Gasteiger partial charge in [0.1, 0.15) is 0 Å². The molecule has 2 heterocycles. The van der Waals surface area contributed by atoms with Crippen LogP contribution in [-0.2, 0) is 4.79 Å². The lowest BCUT2D eigenvalue weighted by Gasteiger charge is -2.41. The summed E-state index contributed by atoms with van der Waals surface area (Å²) in [5, 5.41) is 12.4. The maximum Gasteiger partial charge on any atom is 0.217 e. The van der Waals surface area contributed by atoms with Crippen LogP contribution in [0.25, 0.3) is 0 Å². The Balaban J connectivity index is 1.84. The van der Waals surface area contributed by atoms with E-state index in [4.69, 9.17) is 0 Å². The highest BCUT2D eigenvalue weighted by atomic mass is 16.1. The highest BCUT2D eigenvalue weighted by molar-refractivity contribution is 5.83. The number of carbonyl (C=O) groups excluding carboxylic acids is 1. The van der Waals surface area contributed by atoms with Crippen LogP contribution in [0.1, 0.15) is 36.9 Å². The zero-order valence-corrected chi connectivity index (χ0v) is 15.1. The van der Waals surface area contributed by atoms with Gasteiger partial charge in [0.25, 0.3) is 0 Å². The molecule has 4 rings (SSSR count). The normalized spacial score (nSPS) is 21.0. The Labute approximate surface area is 153 Å². The number of para-hydroxylation sites is 1. The van der Waals surface area contributed by atoms with Crippen molar-refractivity contribution in [3.05, 3.63) is 53.6 Å². The van der Waals surface area contributed by atoms with E-state index in [-0.39, 0.29) is 18.0 Å². The van der Waals surface area contributed by atoms with Gasteiger partial charge in [-0.15, -0.1) is 0 Å². The molecule has 2 unspecified atom stereocenters. The Hall–Kier alpha value is -3.00. The van der Waals surface area contributed by atoms with Gasteiger partial charge in [0.15, 0.2) is 0 Å². The van der Waals surface area contributed by atoms with E-state index in [9.17, 15) is 10.1 Å². The molecular formula is C21H22N4O. The summed E-state index contributed by atoms with van der Waals surface area (Å²) in [6, 6.07) is 17.0. The number of hydrogen-bond acceptors (Lipinski definition) is 4. The summed E-state index contributed by atoms with van der Waals surface area (Å²) in [6.07, 6.45) is 1.80. The highest BCUT2D eigenvalue weighted by Crippen LogP contribution is 2.47. The molecule has 1 fully saturated rings. The van der Waals surface area contributed by atoms with Crippen molar-refractivity contribution in [3.8, 4) is 6.07 Å². The van der Waals surface area contributed by atoms with E-state index in [0.29, 0.717) is 5.56 Å². The molecule has 0 aliphatic carbocycles. The number of nitrogens with zero attached hydrogens (tertiary/aromatic N) is 3. The van der Waals surface area contributed by atoms with Crippen LogP contribution in [0.5, 0.6) is 0 Å². The van der Waals surface area contributed by atoms with E-state index in [1.54, 1.807) is 6.92 Å². The summed E-state index contributed by atoms with van der Waals surface area (Å²) in [5.74, 6) is 0.0292. The van der Waals surface area contributed by atoms with Gasteiger partial charge >= 0.3 is 0 Å². The third-order valence-corrected chi connectivity index (χ3v) is 5.44. The largest absolute Gasteiger partial charge is 0.363 e. The van der Waals surface area contributed by atoms with Crippen molar-refractivity contribution in [1.29, 1.82) is 5.26 Å². The molecule has 1 N–H and O–H groups in total. The Morgan fingerprint density at radius 3 is 2.77 bits per heavy atom. The molecule has 2 atom stereocenters. The number of benzene rings is 2. The van der Waals surface area contributed by atoms with Crippen molar-refractivity contribution in [2.24, 2.45) is 0 Å². The number of hydrogen-bond donors (Lipinski definition) is 1. The molecule has 0 bridgehead atoms. The molecule has 2 aromatic carbocycles. The molecule has 132 valence electrons. The molecule has 2 aliphatic rings. The molecule has 2 aromatic rings. The minimum Gasteiger partial charge on any atom is -0.363 e. The molecule has 1 saturated heterocycles. The number of fused-ring (bicyclic) bond motifs is 5. The molecule has 5 nitrogen and oxygen atoms in total. The third-order valence-electron chi connectivity index (χ3n) is 5.44. The van der Waals surface area contributed by atoms with E-state index >= 15 is 0 Å². The second-order valence-electron chi connectivity index (χ2n) is 7.06. The molecule has 0 aromatic heterocycles. The fourth-order valence-electron chi connectivity index (χ4n) is 4.28. The predicted octanol–water partition coefficient (Wildman–Crippen LogP) is 3.49. The summed E-state index contributed by atoms with van der Waals surface area (Å²) in [7, 11) is 2.06. The van der Waals surface area contributed by atoms with Crippen molar-refractivity contribution in [2.75, 3.05) is 23.4 Å². The van der Waals surface area contributed by atoms with Gasteiger partial charge in [-0.1, -0.05) is 18.2 Å². The summed E-state index contributed by atoms with van der Waals surface area (Å²) in [6.45, 7) is 2.45. The highest BCUT2D eigenvalue weighted by Gasteiger charge is 2.36. The number of amides is 1. The second-order valence-corrected chi connectivity index (χ2v) is 7.06. The number of piperidine rings is 1. The van der Waals surface area contributed by atoms with Crippen LogP contribution in [0, 0.1) is 11.3 Å². The van der Waals surface area contributed by atoms with Gasteiger partial charge in [-0.3, -0.25) is 4.79 Å². The van der Waals surface area contributed by atoms with Gasteiger partial charge in [-0.2, -0.15) is 5.26 Å². The quantitative estimate of drug-likeness (QED) is 0.859. The average molecular weight is 346 g/mol. The molecule has 1 amide bonds. The Kier molecular flexibility index (Phi) is 4.04. The maximum absolute atomic E-state index is 11.5. The third kappa shape index (κ3) is 2.68. The van der Waals surface area contributed by atoms with Crippen LogP contribution in [0.4, 0.5) is 17.1 Å². The van der Waals surface area contributed by atoms with Crippen LogP contribution >= 0.6 is 0 Å². The van der Waals surface area contributed by atoms with Crippen molar-refractivity contribution < 1.29 is 4.79 Å². The predicted molar refractivity (Wildman–Crippen MR) is 103 cm³/mol. The number of nitrogens with one attached hydrogen (secondary N) is 1. The van der Waals surface area contributed by atoms with Gasteiger partial charge in [-0.25, -0.2) is 0 Å². The Morgan fingerprint density at radius 2 is 2.00 bits per heavy atom. The monoisotopic (exact) mass is 346 g/mol. The molecule has 0 radical (unpaired) electrons. The lowest BCUT2D eigenvalue weighted by molar-refractivity contribution is -0.119. The maximum atomic E-state index is 11.5. The van der Waals surface area contributed by atoms with E-state index in [0.717, 1.165) is 36.4 Å². The summed E-state index contributed by atoms with van der Waals surface area (Å²) in [5.41, 5.74) is 5.28. The first kappa shape index (κ1) is 16.5. The van der Waals surface area contributed by atoms with Crippen molar-refractivity contribution in [1.82, 2.24) is 5.32 Å². The lowest BCUT2D eigenvalue weighted by atomic mass is 9.90. The fourth-order valence-corrected chi connectivity index (χ4v) is 4.28. The molecule has 0 saturated carbocycles. The van der Waals surface area contributed by atoms with Gasteiger partial charge in [0, 0.05) is 32.2 Å². The standard InChI is InChI=1S/C21H22N4O/c1-14(26)23-16-9-10-25-19-8-7-15(13-22)11-21(19)24(2)18-6-4-3-5-17(18)20(25)12-16/h3-8,11,16,20H,9-10,12H2,1-2H3,(H,23,26). The van der Waals surface area contributed by atoms with Gasteiger partial charge in [-0.05, 0) is 42.7 Å². The van der Waals surface area contributed by atoms with Crippen LogP contribution in [0.15, 0.2) is 42.5 Å². The lowest BCUT2D eigenvalue weighted by Crippen LogP contribution is -2.45. The first-order chi connectivity index (χ1) is 12.6. The van der Waals surface area contributed by atoms with Crippen molar-refractivity contribution >= 4 is 23.0 Å². The summed E-state index contributed by atoms with van der Waals surface area (Å²) < 4.78 is 0. The molecule has 26 heavy (non-hydrogen) atoms. The molecular weight excluding hydrogens is 324 g/mol. The summed E-state index contributed by atoms with van der Waals surface area (Å²) >= 11 is 0. The average Bonchev–Trinajstić information content (AvgIpc) is 2.75. The Bertz CT molecular complexity index is 901. The fraction of sp³-hybridized carbons (Fsp3) is 0.333. The van der Waals surface area contributed by atoms with Gasteiger partial charge in [0.2, 0.25) is 5.91 Å². The number of carbonyl (C=O) groups is 1. The number of nitriles is 1.